The normalized spacial score (nSPS) is 10.7. The van der Waals surface area contributed by atoms with Gasteiger partial charge in [0, 0.05) is 32.7 Å². The van der Waals surface area contributed by atoms with Gasteiger partial charge in [-0.15, -0.1) is 22.7 Å². The summed E-state index contributed by atoms with van der Waals surface area (Å²) < 4.78 is 4.99. The standard InChI is InChI=1S/C23H24N2O4S2/c1-4-16-5-7-17(8-6-16)19-13-30-23(24-19)25-21(27)12-29-22(28)10-9-20(26)18-11-14(2)31-15(18)3/h5-8,11,13H,4,9-10,12H2,1-3H3,(H,24,25,27). The number of esters is 1. The molecule has 8 heteroatoms. The van der Waals surface area contributed by atoms with E-state index in [1.807, 2.05) is 37.4 Å². The van der Waals surface area contributed by atoms with Crippen LogP contribution >= 0.6 is 22.7 Å². The Morgan fingerprint density at radius 2 is 1.84 bits per heavy atom. The van der Waals surface area contributed by atoms with Crippen LogP contribution in [0.2, 0.25) is 0 Å². The van der Waals surface area contributed by atoms with E-state index < -0.39 is 18.5 Å². The number of anilines is 1. The molecule has 2 heterocycles. The van der Waals surface area contributed by atoms with Gasteiger partial charge in [0.25, 0.3) is 5.91 Å². The van der Waals surface area contributed by atoms with Crippen molar-refractivity contribution in [2.45, 2.75) is 40.0 Å². The molecule has 31 heavy (non-hydrogen) atoms. The number of benzene rings is 1. The highest BCUT2D eigenvalue weighted by Crippen LogP contribution is 2.25. The minimum Gasteiger partial charge on any atom is -0.456 e. The Kier molecular flexibility index (Phi) is 7.70. The van der Waals surface area contributed by atoms with Crippen LogP contribution in [0.3, 0.4) is 0 Å². The number of carbonyl (C=O) groups excluding carboxylic acids is 3. The summed E-state index contributed by atoms with van der Waals surface area (Å²) in [7, 11) is 0. The summed E-state index contributed by atoms with van der Waals surface area (Å²) in [6.45, 7) is 5.51. The molecule has 0 fully saturated rings. The predicted molar refractivity (Wildman–Crippen MR) is 124 cm³/mol. The SMILES string of the molecule is CCc1ccc(-c2csc(NC(=O)COC(=O)CCC(=O)c3cc(C)sc3C)n2)cc1. The number of aryl methyl sites for hydroxylation is 3. The van der Waals surface area contributed by atoms with Gasteiger partial charge in [-0.25, -0.2) is 4.98 Å². The second-order valence-corrected chi connectivity index (χ2v) is 9.37. The molecule has 0 saturated carbocycles. The van der Waals surface area contributed by atoms with Gasteiger partial charge in [0.2, 0.25) is 0 Å². The van der Waals surface area contributed by atoms with Crippen molar-refractivity contribution in [3.05, 3.63) is 56.6 Å². The third kappa shape index (κ3) is 6.32. The van der Waals surface area contributed by atoms with Crippen molar-refractivity contribution in [1.82, 2.24) is 4.98 Å². The highest BCUT2D eigenvalue weighted by atomic mass is 32.1. The fourth-order valence-electron chi connectivity index (χ4n) is 3.01. The summed E-state index contributed by atoms with van der Waals surface area (Å²) in [6.07, 6.45) is 0.971. The van der Waals surface area contributed by atoms with Crippen molar-refractivity contribution in [3.63, 3.8) is 0 Å². The molecule has 0 bridgehead atoms. The van der Waals surface area contributed by atoms with Gasteiger partial charge >= 0.3 is 5.97 Å². The zero-order chi connectivity index (χ0) is 22.4. The summed E-state index contributed by atoms with van der Waals surface area (Å²) >= 11 is 2.86. The number of rotatable bonds is 9. The molecule has 0 aliphatic carbocycles. The number of thiophene rings is 1. The smallest absolute Gasteiger partial charge is 0.306 e. The number of carbonyl (C=O) groups is 3. The molecule has 0 aliphatic rings. The number of hydrogen-bond acceptors (Lipinski definition) is 7. The number of aromatic nitrogens is 1. The van der Waals surface area contributed by atoms with Crippen LogP contribution < -0.4 is 5.32 Å². The molecule has 1 N–H and O–H groups in total. The largest absolute Gasteiger partial charge is 0.456 e. The molecule has 3 aromatic rings. The molecule has 1 amide bonds. The van der Waals surface area contributed by atoms with Crippen LogP contribution in [0.25, 0.3) is 11.3 Å². The Bertz CT molecular complexity index is 1080. The Morgan fingerprint density at radius 1 is 1.10 bits per heavy atom. The minimum atomic E-state index is -0.580. The van der Waals surface area contributed by atoms with Crippen LogP contribution in [0.5, 0.6) is 0 Å². The van der Waals surface area contributed by atoms with Crippen LogP contribution in [-0.2, 0) is 20.7 Å². The predicted octanol–water partition coefficient (Wildman–Crippen LogP) is 5.20. The van der Waals surface area contributed by atoms with Crippen LogP contribution in [0.4, 0.5) is 5.13 Å². The first-order chi connectivity index (χ1) is 14.9. The first-order valence-corrected chi connectivity index (χ1v) is 11.7. The molecule has 3 rings (SSSR count). The second-order valence-electron chi connectivity index (χ2n) is 7.05. The van der Waals surface area contributed by atoms with Gasteiger partial charge in [0.15, 0.2) is 17.5 Å². The number of Topliss-reactive ketones (excluding diaryl/α,β-unsaturated/α-hetero) is 1. The number of ether oxygens (including phenoxy) is 1. The molecule has 0 radical (unpaired) electrons. The zero-order valence-electron chi connectivity index (χ0n) is 17.7. The van der Waals surface area contributed by atoms with Gasteiger partial charge in [0.05, 0.1) is 12.1 Å². The van der Waals surface area contributed by atoms with Crippen molar-refractivity contribution in [2.75, 3.05) is 11.9 Å². The molecular formula is C23H24N2O4S2. The van der Waals surface area contributed by atoms with E-state index in [-0.39, 0.29) is 18.6 Å². The molecular weight excluding hydrogens is 432 g/mol. The highest BCUT2D eigenvalue weighted by molar-refractivity contribution is 7.14. The fourth-order valence-corrected chi connectivity index (χ4v) is 4.68. The lowest BCUT2D eigenvalue weighted by atomic mass is 10.1. The van der Waals surface area contributed by atoms with Crippen molar-refractivity contribution in [1.29, 1.82) is 0 Å². The van der Waals surface area contributed by atoms with Gasteiger partial charge in [-0.3, -0.25) is 19.7 Å². The first-order valence-electron chi connectivity index (χ1n) is 9.96. The van der Waals surface area contributed by atoms with Crippen molar-refractivity contribution >= 4 is 45.5 Å². The van der Waals surface area contributed by atoms with E-state index in [2.05, 4.69) is 29.4 Å². The molecule has 0 atom stereocenters. The first kappa shape index (κ1) is 22.8. The molecule has 1 aromatic carbocycles. The summed E-state index contributed by atoms with van der Waals surface area (Å²) in [5.41, 5.74) is 3.65. The number of ketones is 1. The fraction of sp³-hybridized carbons (Fsp3) is 0.304. The van der Waals surface area contributed by atoms with Crippen LogP contribution in [0, 0.1) is 13.8 Å². The molecule has 0 spiro atoms. The quantitative estimate of drug-likeness (QED) is 0.353. The molecule has 162 valence electrons. The molecule has 2 aromatic heterocycles. The number of hydrogen-bond donors (Lipinski definition) is 1. The van der Waals surface area contributed by atoms with Gasteiger partial charge in [-0.2, -0.15) is 0 Å². The third-order valence-corrected chi connectivity index (χ3v) is 6.39. The Hall–Kier alpha value is -2.84. The average Bonchev–Trinajstić information content (AvgIpc) is 3.36. The van der Waals surface area contributed by atoms with Crippen LogP contribution in [-0.4, -0.2) is 29.3 Å². The Balaban J connectivity index is 1.43. The summed E-state index contributed by atoms with van der Waals surface area (Å²) in [5, 5.41) is 4.94. The summed E-state index contributed by atoms with van der Waals surface area (Å²) in [4.78, 5) is 42.6. The van der Waals surface area contributed by atoms with E-state index in [4.69, 9.17) is 4.74 Å². The van der Waals surface area contributed by atoms with Gasteiger partial charge in [-0.05, 0) is 31.9 Å². The third-order valence-electron chi connectivity index (χ3n) is 4.67. The minimum absolute atomic E-state index is 0.0596. The lowest BCUT2D eigenvalue weighted by Crippen LogP contribution is -2.21. The Labute approximate surface area is 189 Å². The maximum Gasteiger partial charge on any atom is 0.306 e. The van der Waals surface area contributed by atoms with Crippen LogP contribution in [0.1, 0.15) is 45.4 Å². The van der Waals surface area contributed by atoms with E-state index in [0.29, 0.717) is 10.7 Å². The van der Waals surface area contributed by atoms with E-state index in [9.17, 15) is 14.4 Å². The van der Waals surface area contributed by atoms with Crippen molar-refractivity contribution < 1.29 is 19.1 Å². The summed E-state index contributed by atoms with van der Waals surface area (Å²) in [5.74, 6) is -1.14. The lowest BCUT2D eigenvalue weighted by Gasteiger charge is -2.05. The van der Waals surface area contributed by atoms with E-state index in [0.717, 1.165) is 27.4 Å². The zero-order valence-corrected chi connectivity index (χ0v) is 19.3. The van der Waals surface area contributed by atoms with Crippen LogP contribution in [0.15, 0.2) is 35.7 Å². The van der Waals surface area contributed by atoms with E-state index in [1.54, 1.807) is 11.3 Å². The molecule has 0 aliphatic heterocycles. The maximum atomic E-state index is 12.2. The monoisotopic (exact) mass is 456 g/mol. The maximum absolute atomic E-state index is 12.2. The van der Waals surface area contributed by atoms with Gasteiger partial charge < -0.3 is 4.74 Å². The van der Waals surface area contributed by atoms with Gasteiger partial charge in [-0.1, -0.05) is 31.2 Å². The number of thiazole rings is 1. The summed E-state index contributed by atoms with van der Waals surface area (Å²) in [6, 6.07) is 9.94. The van der Waals surface area contributed by atoms with Crippen molar-refractivity contribution in [2.24, 2.45) is 0 Å². The second kappa shape index (κ2) is 10.5. The number of amides is 1. The van der Waals surface area contributed by atoms with Crippen molar-refractivity contribution in [3.8, 4) is 11.3 Å². The molecule has 6 nitrogen and oxygen atoms in total. The number of nitrogens with one attached hydrogen (secondary N) is 1. The van der Waals surface area contributed by atoms with E-state index in [1.165, 1.54) is 16.9 Å². The Morgan fingerprint density at radius 3 is 2.48 bits per heavy atom. The van der Waals surface area contributed by atoms with E-state index >= 15 is 0 Å². The number of nitrogens with zero attached hydrogens (tertiary/aromatic N) is 1. The molecule has 0 unspecified atom stereocenters. The highest BCUT2D eigenvalue weighted by Gasteiger charge is 2.16. The molecule has 0 saturated heterocycles. The topological polar surface area (TPSA) is 85.4 Å². The van der Waals surface area contributed by atoms with Gasteiger partial charge in [0.1, 0.15) is 0 Å². The lowest BCUT2D eigenvalue weighted by molar-refractivity contribution is -0.147. The average molecular weight is 457 g/mol.